The third-order valence-corrected chi connectivity index (χ3v) is 3.00. The summed E-state index contributed by atoms with van der Waals surface area (Å²) < 4.78 is 18.1. The molecule has 0 radical (unpaired) electrons. The zero-order valence-electron chi connectivity index (χ0n) is 9.81. The SMILES string of the molecule is COC(=O)c1csc(Nc2ccc(C#N)cc2F)n1. The summed E-state index contributed by atoms with van der Waals surface area (Å²) in [7, 11) is 1.26. The van der Waals surface area contributed by atoms with E-state index >= 15 is 0 Å². The molecule has 1 heterocycles. The van der Waals surface area contributed by atoms with Crippen LogP contribution in [0.1, 0.15) is 16.1 Å². The average molecular weight is 277 g/mol. The summed E-state index contributed by atoms with van der Waals surface area (Å²) in [4.78, 5) is 15.2. The number of carbonyl (C=O) groups is 1. The quantitative estimate of drug-likeness (QED) is 0.873. The van der Waals surface area contributed by atoms with E-state index in [4.69, 9.17) is 5.26 Å². The molecule has 1 N–H and O–H groups in total. The number of anilines is 2. The molecule has 0 aliphatic carbocycles. The first-order valence-corrected chi connectivity index (χ1v) is 6.02. The average Bonchev–Trinajstić information content (AvgIpc) is 2.88. The van der Waals surface area contributed by atoms with Crippen molar-refractivity contribution in [3.63, 3.8) is 0 Å². The van der Waals surface area contributed by atoms with Crippen LogP contribution in [-0.2, 0) is 4.74 Å². The van der Waals surface area contributed by atoms with E-state index in [1.807, 2.05) is 6.07 Å². The summed E-state index contributed by atoms with van der Waals surface area (Å²) in [5.74, 6) is -1.11. The van der Waals surface area contributed by atoms with Gasteiger partial charge in [-0.25, -0.2) is 14.2 Å². The predicted octanol–water partition coefficient (Wildman–Crippen LogP) is 2.68. The van der Waals surface area contributed by atoms with Gasteiger partial charge in [-0.2, -0.15) is 5.26 Å². The molecule has 0 unspecified atom stereocenters. The molecule has 0 amide bonds. The number of halogens is 1. The maximum Gasteiger partial charge on any atom is 0.357 e. The Hall–Kier alpha value is -2.46. The highest BCUT2D eigenvalue weighted by molar-refractivity contribution is 7.14. The van der Waals surface area contributed by atoms with Crippen molar-refractivity contribution >= 4 is 28.1 Å². The van der Waals surface area contributed by atoms with Gasteiger partial charge in [0.15, 0.2) is 10.8 Å². The van der Waals surface area contributed by atoms with E-state index in [0.29, 0.717) is 5.13 Å². The number of nitriles is 1. The van der Waals surface area contributed by atoms with Gasteiger partial charge < -0.3 is 10.1 Å². The van der Waals surface area contributed by atoms with Gasteiger partial charge in [-0.3, -0.25) is 0 Å². The summed E-state index contributed by atoms with van der Waals surface area (Å²) in [5.41, 5.74) is 0.575. The number of rotatable bonds is 3. The summed E-state index contributed by atoms with van der Waals surface area (Å²) >= 11 is 1.15. The first-order chi connectivity index (χ1) is 9.13. The van der Waals surface area contributed by atoms with E-state index < -0.39 is 11.8 Å². The van der Waals surface area contributed by atoms with Crippen LogP contribution in [-0.4, -0.2) is 18.1 Å². The first-order valence-electron chi connectivity index (χ1n) is 5.14. The topological polar surface area (TPSA) is 75.0 Å². The number of methoxy groups -OCH3 is 1. The van der Waals surface area contributed by atoms with Crippen molar-refractivity contribution in [2.45, 2.75) is 0 Å². The van der Waals surface area contributed by atoms with Gasteiger partial charge >= 0.3 is 5.97 Å². The van der Waals surface area contributed by atoms with Crippen LogP contribution < -0.4 is 5.32 Å². The van der Waals surface area contributed by atoms with Gasteiger partial charge in [0.1, 0.15) is 5.82 Å². The number of aromatic nitrogens is 1. The van der Waals surface area contributed by atoms with E-state index in [1.54, 1.807) is 0 Å². The van der Waals surface area contributed by atoms with Gasteiger partial charge in [-0.05, 0) is 18.2 Å². The molecule has 2 aromatic rings. The largest absolute Gasteiger partial charge is 0.464 e. The smallest absolute Gasteiger partial charge is 0.357 e. The van der Waals surface area contributed by atoms with Gasteiger partial charge in [0.2, 0.25) is 0 Å². The molecule has 0 spiro atoms. The van der Waals surface area contributed by atoms with Gasteiger partial charge in [0.05, 0.1) is 24.4 Å². The van der Waals surface area contributed by atoms with Crippen LogP contribution in [0.2, 0.25) is 0 Å². The number of nitrogens with zero attached hydrogens (tertiary/aromatic N) is 2. The zero-order valence-corrected chi connectivity index (χ0v) is 10.6. The highest BCUT2D eigenvalue weighted by Gasteiger charge is 2.12. The van der Waals surface area contributed by atoms with E-state index in [2.05, 4.69) is 15.0 Å². The number of benzene rings is 1. The lowest BCUT2D eigenvalue weighted by molar-refractivity contribution is 0.0595. The molecule has 2 rings (SSSR count). The third-order valence-electron chi connectivity index (χ3n) is 2.24. The van der Waals surface area contributed by atoms with E-state index in [-0.39, 0.29) is 16.9 Å². The fourth-order valence-corrected chi connectivity index (χ4v) is 2.02. The zero-order chi connectivity index (χ0) is 13.8. The molecule has 0 atom stereocenters. The van der Waals surface area contributed by atoms with Crippen LogP contribution in [0.15, 0.2) is 23.6 Å². The Kier molecular flexibility index (Phi) is 3.73. The summed E-state index contributed by atoms with van der Waals surface area (Å²) in [6, 6.07) is 5.89. The first kappa shape index (κ1) is 13.0. The molecule has 0 saturated carbocycles. The molecule has 0 saturated heterocycles. The lowest BCUT2D eigenvalue weighted by atomic mass is 10.2. The normalized spacial score (nSPS) is 9.74. The number of carbonyl (C=O) groups excluding carboxylic acids is 1. The number of ether oxygens (including phenoxy) is 1. The van der Waals surface area contributed by atoms with Crippen LogP contribution in [0.3, 0.4) is 0 Å². The number of hydrogen-bond acceptors (Lipinski definition) is 6. The van der Waals surface area contributed by atoms with E-state index in [9.17, 15) is 9.18 Å². The summed E-state index contributed by atoms with van der Waals surface area (Å²) in [5, 5.41) is 13.2. The van der Waals surface area contributed by atoms with Crippen molar-refractivity contribution in [3.05, 3.63) is 40.7 Å². The third kappa shape index (κ3) is 2.86. The molecule has 5 nitrogen and oxygen atoms in total. The molecule has 7 heteroatoms. The van der Waals surface area contributed by atoms with Crippen molar-refractivity contribution in [3.8, 4) is 6.07 Å². The minimum atomic E-state index is -0.561. The molecule has 96 valence electrons. The minimum absolute atomic E-state index is 0.157. The number of hydrogen-bond donors (Lipinski definition) is 1. The van der Waals surface area contributed by atoms with Crippen LogP contribution in [0.5, 0.6) is 0 Å². The molecule has 1 aromatic carbocycles. The monoisotopic (exact) mass is 277 g/mol. The Morgan fingerprint density at radius 3 is 3.00 bits per heavy atom. The Morgan fingerprint density at radius 1 is 1.58 bits per heavy atom. The lowest BCUT2D eigenvalue weighted by Gasteiger charge is -2.03. The van der Waals surface area contributed by atoms with Gasteiger partial charge in [0, 0.05) is 5.38 Å². The predicted molar refractivity (Wildman–Crippen MR) is 67.9 cm³/mol. The van der Waals surface area contributed by atoms with E-state index in [1.165, 1.54) is 24.6 Å². The molecule has 0 bridgehead atoms. The van der Waals surface area contributed by atoms with Gasteiger partial charge in [0.25, 0.3) is 0 Å². The van der Waals surface area contributed by atoms with Gasteiger partial charge in [-0.15, -0.1) is 11.3 Å². The Bertz CT molecular complexity index is 663. The van der Waals surface area contributed by atoms with Crippen LogP contribution in [0.25, 0.3) is 0 Å². The number of nitrogens with one attached hydrogen (secondary N) is 1. The molecule has 0 fully saturated rings. The molecule has 1 aromatic heterocycles. The maximum absolute atomic E-state index is 13.6. The number of esters is 1. The standard InChI is InChI=1S/C12H8FN3O2S/c1-18-11(17)10-6-19-12(16-10)15-9-3-2-7(5-14)4-8(9)13/h2-4,6H,1H3,(H,15,16). The fraction of sp³-hybridized carbons (Fsp3) is 0.0833. The second-order valence-electron chi connectivity index (χ2n) is 3.46. The van der Waals surface area contributed by atoms with Crippen LogP contribution >= 0.6 is 11.3 Å². The fourth-order valence-electron chi connectivity index (χ4n) is 1.33. The van der Waals surface area contributed by atoms with Crippen molar-refractivity contribution in [2.24, 2.45) is 0 Å². The highest BCUT2D eigenvalue weighted by atomic mass is 32.1. The van der Waals surface area contributed by atoms with Crippen molar-refractivity contribution < 1.29 is 13.9 Å². The molecule has 0 aliphatic rings. The van der Waals surface area contributed by atoms with E-state index in [0.717, 1.165) is 17.4 Å². The van der Waals surface area contributed by atoms with Crippen molar-refractivity contribution in [2.75, 3.05) is 12.4 Å². The summed E-state index contributed by atoms with van der Waals surface area (Å²) in [6.07, 6.45) is 0. The molecular formula is C12H8FN3O2S. The van der Waals surface area contributed by atoms with Crippen molar-refractivity contribution in [1.29, 1.82) is 5.26 Å². The summed E-state index contributed by atoms with van der Waals surface area (Å²) in [6.45, 7) is 0. The second kappa shape index (κ2) is 5.46. The van der Waals surface area contributed by atoms with Crippen molar-refractivity contribution in [1.82, 2.24) is 4.98 Å². The van der Waals surface area contributed by atoms with Crippen LogP contribution in [0, 0.1) is 17.1 Å². The molecule has 19 heavy (non-hydrogen) atoms. The highest BCUT2D eigenvalue weighted by Crippen LogP contribution is 2.23. The Morgan fingerprint density at radius 2 is 2.37 bits per heavy atom. The maximum atomic E-state index is 13.6. The Balaban J connectivity index is 2.20. The lowest BCUT2D eigenvalue weighted by Crippen LogP contribution is -2.02. The molecule has 0 aliphatic heterocycles. The second-order valence-corrected chi connectivity index (χ2v) is 4.32. The Labute approximate surface area is 112 Å². The van der Waals surface area contributed by atoms with Gasteiger partial charge in [-0.1, -0.05) is 0 Å². The minimum Gasteiger partial charge on any atom is -0.464 e. The number of thiazole rings is 1. The molecular weight excluding hydrogens is 269 g/mol. The van der Waals surface area contributed by atoms with Crippen LogP contribution in [0.4, 0.5) is 15.2 Å².